The number of carbonyl (C=O) groups is 2. The van der Waals surface area contributed by atoms with Gasteiger partial charge in [-0.05, 0) is 57.1 Å². The van der Waals surface area contributed by atoms with Gasteiger partial charge in [0.2, 0.25) is 5.91 Å². The van der Waals surface area contributed by atoms with Crippen LogP contribution in [0.1, 0.15) is 94.3 Å². The van der Waals surface area contributed by atoms with Gasteiger partial charge in [0.15, 0.2) is 0 Å². The van der Waals surface area contributed by atoms with E-state index in [4.69, 9.17) is 4.74 Å². The first-order valence-electron chi connectivity index (χ1n) is 14.3. The lowest BCUT2D eigenvalue weighted by Gasteiger charge is -2.40. The second-order valence-electron chi connectivity index (χ2n) is 10.4. The summed E-state index contributed by atoms with van der Waals surface area (Å²) in [5, 5.41) is 4.16. The van der Waals surface area contributed by atoms with E-state index < -0.39 is 0 Å². The molecule has 2 aromatic rings. The van der Waals surface area contributed by atoms with E-state index in [2.05, 4.69) is 21.9 Å². The number of aromatic nitrogens is 3. The van der Waals surface area contributed by atoms with E-state index in [1.807, 2.05) is 29.2 Å². The molecule has 0 radical (unpaired) electrons. The molecule has 2 heterocycles. The van der Waals surface area contributed by atoms with Crippen molar-refractivity contribution in [3.05, 3.63) is 42.5 Å². The fourth-order valence-electron chi connectivity index (χ4n) is 5.71. The number of rotatable bonds is 6. The zero-order chi connectivity index (χ0) is 25.9. The van der Waals surface area contributed by atoms with Crippen molar-refractivity contribution in [2.24, 2.45) is 0 Å². The van der Waals surface area contributed by atoms with Crippen LogP contribution in [0.2, 0.25) is 0 Å². The van der Waals surface area contributed by atoms with Gasteiger partial charge in [0.1, 0.15) is 24.5 Å². The number of para-hydroxylation sites is 1. The number of hydrogen-bond acceptors (Lipinski definition) is 5. The van der Waals surface area contributed by atoms with Crippen LogP contribution in [0.3, 0.4) is 0 Å². The third-order valence-electron chi connectivity index (χ3n) is 7.64. The fraction of sp³-hybridized carbons (Fsp3) is 0.655. The minimum absolute atomic E-state index is 0.0349. The maximum atomic E-state index is 13.6. The topological polar surface area (TPSA) is 80.6 Å². The number of aryl methyl sites for hydroxylation is 1. The summed E-state index contributed by atoms with van der Waals surface area (Å²) in [7, 11) is 0. The van der Waals surface area contributed by atoms with E-state index in [1.54, 1.807) is 11.0 Å². The molecule has 202 valence electrons. The van der Waals surface area contributed by atoms with Gasteiger partial charge < -0.3 is 14.5 Å². The Morgan fingerprint density at radius 3 is 2.59 bits per heavy atom. The molecule has 8 nitrogen and oxygen atoms in total. The van der Waals surface area contributed by atoms with Crippen molar-refractivity contribution in [1.82, 2.24) is 24.6 Å². The van der Waals surface area contributed by atoms with Crippen molar-refractivity contribution < 1.29 is 14.3 Å². The molecule has 0 spiro atoms. The van der Waals surface area contributed by atoms with Crippen molar-refractivity contribution in [3.63, 3.8) is 0 Å². The molecule has 37 heavy (non-hydrogen) atoms. The van der Waals surface area contributed by atoms with Crippen LogP contribution in [0.15, 0.2) is 36.9 Å². The minimum Gasteiger partial charge on any atom is -0.487 e. The molecule has 1 fully saturated rings. The highest BCUT2D eigenvalue weighted by molar-refractivity contribution is 5.97. The SMILES string of the molecule is CCCN1CCCCCCCN(C(=O)CCCn2cncn2)[C@@H]2CCCC[C@@H]2Oc2ccccc2C1=O. The monoisotopic (exact) mass is 509 g/mol. The molecule has 8 heteroatoms. The predicted molar refractivity (Wildman–Crippen MR) is 143 cm³/mol. The van der Waals surface area contributed by atoms with Gasteiger partial charge in [-0.2, -0.15) is 5.10 Å². The number of nitrogens with zero attached hydrogens (tertiary/aromatic N) is 5. The summed E-state index contributed by atoms with van der Waals surface area (Å²) in [5.74, 6) is 0.906. The minimum atomic E-state index is -0.105. The molecule has 0 unspecified atom stereocenters. The van der Waals surface area contributed by atoms with Gasteiger partial charge in [-0.15, -0.1) is 0 Å². The van der Waals surface area contributed by atoms with E-state index >= 15 is 0 Å². The van der Waals surface area contributed by atoms with Crippen LogP contribution in [0, 0.1) is 0 Å². The van der Waals surface area contributed by atoms with Gasteiger partial charge in [-0.25, -0.2) is 4.98 Å². The maximum absolute atomic E-state index is 13.6. The third kappa shape index (κ3) is 7.55. The van der Waals surface area contributed by atoms with Crippen LogP contribution in [0.4, 0.5) is 0 Å². The van der Waals surface area contributed by atoms with Gasteiger partial charge >= 0.3 is 0 Å². The van der Waals surface area contributed by atoms with Crippen molar-refractivity contribution in [2.45, 2.75) is 103 Å². The molecule has 1 aromatic carbocycles. The van der Waals surface area contributed by atoms with Crippen LogP contribution in [0.25, 0.3) is 0 Å². The molecular weight excluding hydrogens is 466 g/mol. The van der Waals surface area contributed by atoms with Crippen LogP contribution >= 0.6 is 0 Å². The van der Waals surface area contributed by atoms with Gasteiger partial charge in [-0.1, -0.05) is 44.7 Å². The largest absolute Gasteiger partial charge is 0.487 e. The molecule has 0 N–H and O–H groups in total. The highest BCUT2D eigenvalue weighted by Crippen LogP contribution is 2.31. The first-order chi connectivity index (χ1) is 18.2. The van der Waals surface area contributed by atoms with Crippen LogP contribution in [0.5, 0.6) is 5.75 Å². The molecule has 2 amide bonds. The molecule has 2 aliphatic rings. The number of amides is 2. The van der Waals surface area contributed by atoms with Gasteiger partial charge in [0.05, 0.1) is 11.6 Å². The average molecular weight is 510 g/mol. The van der Waals surface area contributed by atoms with E-state index in [1.165, 1.54) is 6.33 Å². The first kappa shape index (κ1) is 27.1. The zero-order valence-corrected chi connectivity index (χ0v) is 22.4. The number of ether oxygens (including phenoxy) is 1. The normalized spacial score (nSPS) is 21.8. The second-order valence-corrected chi connectivity index (χ2v) is 10.4. The highest BCUT2D eigenvalue weighted by Gasteiger charge is 2.35. The van der Waals surface area contributed by atoms with Gasteiger partial charge in [-0.3, -0.25) is 14.3 Å². The standard InChI is InChI=1S/C29H43N5O3/c1-2-18-32-19-10-4-3-5-11-21-34(28(35)17-12-20-33-23-30-22-31-33)25-14-7-9-16-27(25)37-26-15-8-6-13-24(26)29(32)36/h6,8,13,15,22-23,25,27H,2-5,7,9-12,14,16-21H2,1H3/t25-,27+/m1/s1. The Bertz CT molecular complexity index is 980. The molecule has 4 rings (SSSR count). The Labute approximate surface area is 221 Å². The quantitative estimate of drug-likeness (QED) is 0.542. The molecule has 1 aromatic heterocycles. The van der Waals surface area contributed by atoms with Crippen molar-refractivity contribution in [1.29, 1.82) is 0 Å². The lowest BCUT2D eigenvalue weighted by atomic mass is 9.90. The van der Waals surface area contributed by atoms with Crippen molar-refractivity contribution in [3.8, 4) is 5.75 Å². The van der Waals surface area contributed by atoms with E-state index in [9.17, 15) is 9.59 Å². The van der Waals surface area contributed by atoms with Crippen molar-refractivity contribution >= 4 is 11.8 Å². The average Bonchev–Trinajstić information content (AvgIpc) is 3.43. The van der Waals surface area contributed by atoms with E-state index in [-0.39, 0.29) is 24.0 Å². The highest BCUT2D eigenvalue weighted by atomic mass is 16.5. The summed E-state index contributed by atoms with van der Waals surface area (Å²) < 4.78 is 8.43. The van der Waals surface area contributed by atoms with Crippen molar-refractivity contribution in [2.75, 3.05) is 19.6 Å². The Kier molecular flexibility index (Phi) is 10.4. The molecule has 1 aliphatic carbocycles. The smallest absolute Gasteiger partial charge is 0.257 e. The lowest BCUT2D eigenvalue weighted by molar-refractivity contribution is -0.137. The van der Waals surface area contributed by atoms with Gasteiger partial charge in [0, 0.05) is 32.6 Å². The van der Waals surface area contributed by atoms with E-state index in [0.717, 1.165) is 90.3 Å². The lowest BCUT2D eigenvalue weighted by Crippen LogP contribution is -2.51. The Morgan fingerprint density at radius 2 is 1.78 bits per heavy atom. The number of carbonyl (C=O) groups excluding carboxylic acids is 2. The van der Waals surface area contributed by atoms with Crippen LogP contribution in [-0.4, -0.2) is 68.2 Å². The fourth-order valence-corrected chi connectivity index (χ4v) is 5.71. The molecule has 2 atom stereocenters. The Balaban J connectivity index is 1.55. The number of benzene rings is 1. The summed E-state index contributed by atoms with van der Waals surface area (Å²) in [6.45, 7) is 5.12. The molecule has 1 saturated carbocycles. The third-order valence-corrected chi connectivity index (χ3v) is 7.64. The van der Waals surface area contributed by atoms with Crippen LogP contribution in [-0.2, 0) is 11.3 Å². The molecule has 0 saturated heterocycles. The van der Waals surface area contributed by atoms with E-state index in [0.29, 0.717) is 24.3 Å². The maximum Gasteiger partial charge on any atom is 0.257 e. The number of fused-ring (bicyclic) bond motifs is 2. The summed E-state index contributed by atoms with van der Waals surface area (Å²) in [6.07, 6.45) is 14.6. The Morgan fingerprint density at radius 1 is 1.00 bits per heavy atom. The Hall–Kier alpha value is -2.90. The number of hydrogen-bond donors (Lipinski definition) is 0. The first-order valence-corrected chi connectivity index (χ1v) is 14.3. The zero-order valence-electron chi connectivity index (χ0n) is 22.4. The summed E-state index contributed by atoms with van der Waals surface area (Å²) in [4.78, 5) is 35.2. The molecular formula is C29H43N5O3. The summed E-state index contributed by atoms with van der Waals surface area (Å²) in [6, 6.07) is 7.71. The summed E-state index contributed by atoms with van der Waals surface area (Å²) >= 11 is 0. The second kappa shape index (κ2) is 14.1. The molecule has 0 bridgehead atoms. The predicted octanol–water partition coefficient (Wildman–Crippen LogP) is 5.09. The molecule has 1 aliphatic heterocycles. The summed E-state index contributed by atoms with van der Waals surface area (Å²) in [5.41, 5.74) is 0.640. The van der Waals surface area contributed by atoms with Crippen LogP contribution < -0.4 is 4.74 Å². The van der Waals surface area contributed by atoms with Gasteiger partial charge in [0.25, 0.3) is 5.91 Å².